The van der Waals surface area contributed by atoms with E-state index in [9.17, 15) is 25.9 Å². The molecule has 2 atom stereocenters. The number of hydrogen-bond donors (Lipinski definition) is 2. The minimum Gasteiger partial charge on any atom is -0.284 e. The zero-order valence-electron chi connectivity index (χ0n) is 12.4. The predicted octanol–water partition coefficient (Wildman–Crippen LogP) is 2.33. The third kappa shape index (κ3) is 2.54. The molecule has 6 nitrogen and oxygen atoms in total. The van der Waals surface area contributed by atoms with Crippen LogP contribution in [-0.4, -0.2) is 30.0 Å². The molecule has 0 saturated heterocycles. The molecule has 124 valence electrons. The molecule has 0 aromatic rings. The van der Waals surface area contributed by atoms with E-state index in [4.69, 9.17) is 0 Å². The van der Waals surface area contributed by atoms with Gasteiger partial charge in [0.25, 0.3) is 20.2 Å². The third-order valence-electron chi connectivity index (χ3n) is 5.79. The van der Waals surface area contributed by atoms with Crippen LogP contribution in [0, 0.1) is 23.7 Å². The quantitative estimate of drug-likeness (QED) is 0.718. The molecule has 2 saturated carbocycles. The molecule has 2 aliphatic carbocycles. The van der Waals surface area contributed by atoms with Crippen molar-refractivity contribution in [1.29, 1.82) is 0 Å². The maximum absolute atomic E-state index is 12.1. The first kappa shape index (κ1) is 17.2. The topological polar surface area (TPSA) is 109 Å². The lowest BCUT2D eigenvalue weighted by molar-refractivity contribution is 0.116. The molecule has 0 heterocycles. The Morgan fingerprint density at radius 2 is 1.10 bits per heavy atom. The zero-order valence-corrected chi connectivity index (χ0v) is 14.0. The molecule has 2 fully saturated rings. The summed E-state index contributed by atoms with van der Waals surface area (Å²) in [5.74, 6) is -1.86. The van der Waals surface area contributed by atoms with Gasteiger partial charge in [-0.3, -0.25) is 9.11 Å². The predicted molar refractivity (Wildman–Crippen MR) is 78.8 cm³/mol. The van der Waals surface area contributed by atoms with Crippen LogP contribution in [0.3, 0.4) is 0 Å². The molecule has 0 bridgehead atoms. The van der Waals surface area contributed by atoms with Gasteiger partial charge in [0.1, 0.15) is 0 Å². The maximum atomic E-state index is 12.1. The van der Waals surface area contributed by atoms with E-state index >= 15 is 0 Å². The maximum Gasteiger partial charge on any atom is 0.288 e. The molecule has 2 unspecified atom stereocenters. The van der Waals surface area contributed by atoms with Crippen LogP contribution in [0.5, 0.6) is 0 Å². The molecular weight excluding hydrogens is 316 g/mol. The molecule has 0 spiro atoms. The standard InChI is InChI=1S/C13H24O6S2/c1-9(11-5-3-6-11)13(20(14,15)16,21(17,18)19)10(2)12-7-4-8-12/h9-12H,3-8H2,1-2H3,(H,14,15,16)(H,17,18,19). The molecule has 0 amide bonds. The Morgan fingerprint density at radius 3 is 1.24 bits per heavy atom. The van der Waals surface area contributed by atoms with E-state index < -0.39 is 36.2 Å². The fourth-order valence-electron chi connectivity index (χ4n) is 4.02. The van der Waals surface area contributed by atoms with Gasteiger partial charge in [0.05, 0.1) is 0 Å². The summed E-state index contributed by atoms with van der Waals surface area (Å²) in [5.41, 5.74) is 0. The van der Waals surface area contributed by atoms with Gasteiger partial charge in [-0.1, -0.05) is 52.4 Å². The summed E-state index contributed by atoms with van der Waals surface area (Å²) in [4.78, 5) is 0. The highest BCUT2D eigenvalue weighted by Gasteiger charge is 2.65. The molecule has 2 N–H and O–H groups in total. The first-order valence-electron chi connectivity index (χ1n) is 7.47. The minimum atomic E-state index is -4.96. The average Bonchev–Trinajstić information content (AvgIpc) is 2.05. The first-order valence-corrected chi connectivity index (χ1v) is 10.4. The summed E-state index contributed by atoms with van der Waals surface area (Å²) in [5, 5.41) is 0. The Morgan fingerprint density at radius 1 is 0.810 bits per heavy atom. The molecular formula is C13H24O6S2. The van der Waals surface area contributed by atoms with Gasteiger partial charge in [0.2, 0.25) is 4.08 Å². The van der Waals surface area contributed by atoms with Gasteiger partial charge in [-0.15, -0.1) is 0 Å². The molecule has 2 rings (SSSR count). The normalized spacial score (nSPS) is 25.0. The van der Waals surface area contributed by atoms with E-state index in [0.29, 0.717) is 0 Å². The van der Waals surface area contributed by atoms with E-state index in [1.807, 2.05) is 0 Å². The SMILES string of the molecule is CC(C1CCC1)C(C(C)C1CCC1)(S(=O)(=O)O)S(=O)(=O)O. The summed E-state index contributed by atoms with van der Waals surface area (Å²) in [7, 11) is -9.93. The van der Waals surface area contributed by atoms with Crippen LogP contribution in [0.1, 0.15) is 52.4 Å². The molecule has 0 aromatic heterocycles. The molecule has 0 radical (unpaired) electrons. The minimum absolute atomic E-state index is 0.101. The summed E-state index contributed by atoms with van der Waals surface area (Å²) >= 11 is 0. The fraction of sp³-hybridized carbons (Fsp3) is 1.00. The Labute approximate surface area is 126 Å². The van der Waals surface area contributed by atoms with Crippen LogP contribution in [-0.2, 0) is 20.2 Å². The first-order chi connectivity index (χ1) is 9.53. The molecule has 2 aliphatic rings. The van der Waals surface area contributed by atoms with Gasteiger partial charge in [-0.05, 0) is 23.7 Å². The van der Waals surface area contributed by atoms with Crippen molar-refractivity contribution < 1.29 is 25.9 Å². The number of rotatable bonds is 6. The van der Waals surface area contributed by atoms with Crippen molar-refractivity contribution >= 4 is 20.2 Å². The summed E-state index contributed by atoms with van der Waals surface area (Å²) in [6.45, 7) is 3.06. The lowest BCUT2D eigenvalue weighted by Crippen LogP contribution is -2.60. The van der Waals surface area contributed by atoms with Crippen molar-refractivity contribution in [2.45, 2.75) is 56.5 Å². The van der Waals surface area contributed by atoms with Crippen LogP contribution in [0.25, 0.3) is 0 Å². The van der Waals surface area contributed by atoms with E-state index in [1.54, 1.807) is 0 Å². The Balaban J connectivity index is 2.58. The van der Waals surface area contributed by atoms with Crippen LogP contribution in [0.2, 0.25) is 0 Å². The van der Waals surface area contributed by atoms with E-state index in [-0.39, 0.29) is 11.8 Å². The Hall–Kier alpha value is -0.180. The molecule has 0 aliphatic heterocycles. The second-order valence-electron chi connectivity index (χ2n) is 6.63. The van der Waals surface area contributed by atoms with E-state index in [1.165, 1.54) is 13.8 Å². The van der Waals surface area contributed by atoms with Gasteiger partial charge in [0, 0.05) is 0 Å². The highest BCUT2D eigenvalue weighted by atomic mass is 32.3. The van der Waals surface area contributed by atoms with Crippen molar-refractivity contribution in [3.05, 3.63) is 0 Å². The highest BCUT2D eigenvalue weighted by molar-refractivity contribution is 8.05. The van der Waals surface area contributed by atoms with Gasteiger partial charge in [-0.2, -0.15) is 16.8 Å². The van der Waals surface area contributed by atoms with Gasteiger partial charge in [0.15, 0.2) is 0 Å². The zero-order chi connectivity index (χ0) is 16.1. The van der Waals surface area contributed by atoms with Gasteiger partial charge in [-0.25, -0.2) is 0 Å². The van der Waals surface area contributed by atoms with Crippen molar-refractivity contribution in [3.8, 4) is 0 Å². The van der Waals surface area contributed by atoms with E-state index in [0.717, 1.165) is 38.5 Å². The Kier molecular flexibility index (Phi) is 4.48. The summed E-state index contributed by atoms with van der Waals surface area (Å²) < 4.78 is 65.4. The van der Waals surface area contributed by atoms with Crippen LogP contribution >= 0.6 is 0 Å². The van der Waals surface area contributed by atoms with Crippen LogP contribution in [0.4, 0.5) is 0 Å². The summed E-state index contributed by atoms with van der Waals surface area (Å²) in [6, 6.07) is 0. The lowest BCUT2D eigenvalue weighted by atomic mass is 9.68. The Bertz CT molecular complexity index is 532. The van der Waals surface area contributed by atoms with Crippen LogP contribution < -0.4 is 0 Å². The monoisotopic (exact) mass is 340 g/mol. The average molecular weight is 340 g/mol. The molecule has 8 heteroatoms. The van der Waals surface area contributed by atoms with E-state index in [2.05, 4.69) is 0 Å². The highest BCUT2D eigenvalue weighted by Crippen LogP contribution is 2.52. The second-order valence-corrected chi connectivity index (χ2v) is 10.1. The molecule has 0 aromatic carbocycles. The van der Waals surface area contributed by atoms with Crippen LogP contribution in [0.15, 0.2) is 0 Å². The largest absolute Gasteiger partial charge is 0.288 e. The molecule has 21 heavy (non-hydrogen) atoms. The fourth-order valence-corrected chi connectivity index (χ4v) is 7.74. The van der Waals surface area contributed by atoms with Crippen molar-refractivity contribution in [3.63, 3.8) is 0 Å². The smallest absolute Gasteiger partial charge is 0.284 e. The second kappa shape index (κ2) is 5.47. The lowest BCUT2D eigenvalue weighted by Gasteiger charge is -2.48. The van der Waals surface area contributed by atoms with Gasteiger partial charge >= 0.3 is 0 Å². The third-order valence-corrected chi connectivity index (χ3v) is 10.2. The van der Waals surface area contributed by atoms with Crippen molar-refractivity contribution in [1.82, 2.24) is 0 Å². The number of hydrogen-bond acceptors (Lipinski definition) is 4. The van der Waals surface area contributed by atoms with Crippen molar-refractivity contribution in [2.75, 3.05) is 0 Å². The van der Waals surface area contributed by atoms with Gasteiger partial charge < -0.3 is 0 Å². The van der Waals surface area contributed by atoms with Crippen molar-refractivity contribution in [2.24, 2.45) is 23.7 Å². The summed E-state index contributed by atoms with van der Waals surface area (Å²) in [6.07, 6.45) is 4.74.